The maximum absolute atomic E-state index is 5.68. The summed E-state index contributed by atoms with van der Waals surface area (Å²) in [6.07, 6.45) is 0.240. The van der Waals surface area contributed by atoms with E-state index in [1.54, 1.807) is 0 Å². The van der Waals surface area contributed by atoms with E-state index in [1.165, 1.54) is 0 Å². The number of aromatic nitrogens is 2. The van der Waals surface area contributed by atoms with E-state index in [4.69, 9.17) is 4.74 Å². The monoisotopic (exact) mass is 236 g/mol. The minimum atomic E-state index is 0.240. The van der Waals surface area contributed by atoms with Crippen LogP contribution < -0.4 is 5.32 Å². The highest BCUT2D eigenvalue weighted by molar-refractivity contribution is 5.35. The summed E-state index contributed by atoms with van der Waals surface area (Å²) in [6.45, 7) is 7.47. The third-order valence-electron chi connectivity index (χ3n) is 2.82. The highest BCUT2D eigenvalue weighted by Gasteiger charge is 2.17. The molecule has 1 fully saturated rings. The van der Waals surface area contributed by atoms with Gasteiger partial charge in [0, 0.05) is 31.4 Å². The molecular formula is C12H20N4O. The maximum Gasteiger partial charge on any atom is 0.130 e. The van der Waals surface area contributed by atoms with Gasteiger partial charge in [0.25, 0.3) is 0 Å². The van der Waals surface area contributed by atoms with Crippen LogP contribution in [-0.4, -0.2) is 54.3 Å². The van der Waals surface area contributed by atoms with Crippen LogP contribution in [0, 0.1) is 13.8 Å². The first kappa shape index (κ1) is 12.3. The summed E-state index contributed by atoms with van der Waals surface area (Å²) < 4.78 is 5.68. The van der Waals surface area contributed by atoms with Crippen molar-refractivity contribution in [2.24, 2.45) is 0 Å². The Kier molecular flexibility index (Phi) is 3.91. The molecule has 5 nitrogen and oxygen atoms in total. The van der Waals surface area contributed by atoms with Gasteiger partial charge in [-0.15, -0.1) is 0 Å². The summed E-state index contributed by atoms with van der Waals surface area (Å²) in [4.78, 5) is 10.9. The maximum atomic E-state index is 5.68. The third kappa shape index (κ3) is 3.64. The minimum absolute atomic E-state index is 0.240. The minimum Gasteiger partial charge on any atom is -0.374 e. The van der Waals surface area contributed by atoms with Crippen molar-refractivity contribution in [1.82, 2.24) is 14.9 Å². The molecule has 1 N–H and O–H groups in total. The fourth-order valence-electron chi connectivity index (χ4n) is 2.02. The molecular weight excluding hydrogens is 216 g/mol. The average Bonchev–Trinajstić information content (AvgIpc) is 2.25. The Morgan fingerprint density at radius 2 is 2.29 bits per heavy atom. The number of nitrogens with zero attached hydrogens (tertiary/aromatic N) is 3. The molecule has 0 spiro atoms. The second kappa shape index (κ2) is 5.42. The van der Waals surface area contributed by atoms with Gasteiger partial charge < -0.3 is 15.0 Å². The van der Waals surface area contributed by atoms with Crippen molar-refractivity contribution in [3.8, 4) is 0 Å². The zero-order valence-corrected chi connectivity index (χ0v) is 10.7. The van der Waals surface area contributed by atoms with Crippen LogP contribution in [0.2, 0.25) is 0 Å². The van der Waals surface area contributed by atoms with Crippen molar-refractivity contribution >= 4 is 5.82 Å². The van der Waals surface area contributed by atoms with Gasteiger partial charge in [-0.05, 0) is 20.9 Å². The fraction of sp³-hybridized carbons (Fsp3) is 0.667. The lowest BCUT2D eigenvalue weighted by Crippen LogP contribution is -2.43. The Hall–Kier alpha value is -1.20. The van der Waals surface area contributed by atoms with E-state index in [2.05, 4.69) is 27.2 Å². The van der Waals surface area contributed by atoms with E-state index in [1.807, 2.05) is 19.9 Å². The normalized spacial score (nSPS) is 21.5. The summed E-state index contributed by atoms with van der Waals surface area (Å²) in [5, 5.41) is 3.31. The smallest absolute Gasteiger partial charge is 0.130 e. The molecule has 94 valence electrons. The summed E-state index contributed by atoms with van der Waals surface area (Å²) in [5.74, 6) is 1.68. The molecule has 1 aliphatic rings. The fourth-order valence-corrected chi connectivity index (χ4v) is 2.02. The molecule has 17 heavy (non-hydrogen) atoms. The number of nitrogens with one attached hydrogen (secondary N) is 1. The molecule has 1 aromatic heterocycles. The van der Waals surface area contributed by atoms with E-state index < -0.39 is 0 Å². The van der Waals surface area contributed by atoms with Crippen LogP contribution in [0.3, 0.4) is 0 Å². The van der Waals surface area contributed by atoms with Gasteiger partial charge in [-0.3, -0.25) is 0 Å². The van der Waals surface area contributed by atoms with Gasteiger partial charge in [0.05, 0.1) is 12.7 Å². The van der Waals surface area contributed by atoms with Crippen molar-refractivity contribution < 1.29 is 4.74 Å². The first-order chi connectivity index (χ1) is 8.13. The van der Waals surface area contributed by atoms with Crippen molar-refractivity contribution in [2.45, 2.75) is 20.0 Å². The van der Waals surface area contributed by atoms with Gasteiger partial charge in [-0.1, -0.05) is 0 Å². The second-order valence-corrected chi connectivity index (χ2v) is 4.58. The zero-order valence-electron chi connectivity index (χ0n) is 10.7. The van der Waals surface area contributed by atoms with Gasteiger partial charge >= 0.3 is 0 Å². The van der Waals surface area contributed by atoms with Crippen LogP contribution in [0.15, 0.2) is 6.07 Å². The first-order valence-electron chi connectivity index (χ1n) is 6.00. The van der Waals surface area contributed by atoms with Crippen LogP contribution in [0.5, 0.6) is 0 Å². The van der Waals surface area contributed by atoms with E-state index in [0.29, 0.717) is 0 Å². The second-order valence-electron chi connectivity index (χ2n) is 4.58. The van der Waals surface area contributed by atoms with Crippen molar-refractivity contribution in [1.29, 1.82) is 0 Å². The molecule has 5 heteroatoms. The number of hydrogen-bond donors (Lipinski definition) is 1. The Bertz CT molecular complexity index is 363. The third-order valence-corrected chi connectivity index (χ3v) is 2.82. The molecule has 1 unspecified atom stereocenters. The topological polar surface area (TPSA) is 50.3 Å². The summed E-state index contributed by atoms with van der Waals surface area (Å²) in [5.41, 5.74) is 0.988. The molecule has 0 radical (unpaired) electrons. The Morgan fingerprint density at radius 3 is 3.00 bits per heavy atom. The van der Waals surface area contributed by atoms with Crippen LogP contribution in [0.25, 0.3) is 0 Å². The zero-order chi connectivity index (χ0) is 12.3. The number of likely N-dealkylation sites (N-methyl/N-ethyl adjacent to an activating group) is 1. The summed E-state index contributed by atoms with van der Waals surface area (Å²) in [6, 6.07) is 1.96. The summed E-state index contributed by atoms with van der Waals surface area (Å²) in [7, 11) is 2.12. The van der Waals surface area contributed by atoms with Gasteiger partial charge in [0.1, 0.15) is 11.6 Å². The average molecular weight is 236 g/mol. The van der Waals surface area contributed by atoms with E-state index in [0.717, 1.165) is 43.6 Å². The molecule has 0 aromatic carbocycles. The largest absolute Gasteiger partial charge is 0.374 e. The number of hydrogen-bond acceptors (Lipinski definition) is 5. The highest BCUT2D eigenvalue weighted by atomic mass is 16.5. The first-order valence-corrected chi connectivity index (χ1v) is 6.00. The predicted octanol–water partition coefficient (Wildman–Crippen LogP) is 0.836. The van der Waals surface area contributed by atoms with E-state index in [9.17, 15) is 0 Å². The molecule has 0 bridgehead atoms. The van der Waals surface area contributed by atoms with Gasteiger partial charge in [0.2, 0.25) is 0 Å². The lowest BCUT2D eigenvalue weighted by molar-refractivity contribution is -0.0117. The van der Waals surface area contributed by atoms with E-state index >= 15 is 0 Å². The van der Waals surface area contributed by atoms with Crippen molar-refractivity contribution in [3.63, 3.8) is 0 Å². The molecule has 2 heterocycles. The molecule has 2 rings (SSSR count). The number of anilines is 1. The van der Waals surface area contributed by atoms with Gasteiger partial charge in [-0.2, -0.15) is 0 Å². The Balaban J connectivity index is 1.88. The Labute approximate surface area is 102 Å². The van der Waals surface area contributed by atoms with E-state index in [-0.39, 0.29) is 6.10 Å². The Morgan fingerprint density at radius 1 is 1.47 bits per heavy atom. The molecule has 0 saturated carbocycles. The lowest BCUT2D eigenvalue weighted by atomic mass is 10.3. The number of rotatable bonds is 3. The standard InChI is InChI=1S/C12H20N4O/c1-9-6-12(15-10(2)14-9)13-7-11-8-16(3)4-5-17-11/h6,11H,4-5,7-8H2,1-3H3,(H,13,14,15). The molecule has 1 saturated heterocycles. The molecule has 0 amide bonds. The lowest BCUT2D eigenvalue weighted by Gasteiger charge is -2.30. The molecule has 1 atom stereocenters. The number of ether oxygens (including phenoxy) is 1. The van der Waals surface area contributed by atoms with Crippen LogP contribution in [0.4, 0.5) is 5.82 Å². The predicted molar refractivity (Wildman–Crippen MR) is 67.2 cm³/mol. The van der Waals surface area contributed by atoms with Gasteiger partial charge in [-0.25, -0.2) is 9.97 Å². The van der Waals surface area contributed by atoms with Gasteiger partial charge in [0.15, 0.2) is 0 Å². The highest BCUT2D eigenvalue weighted by Crippen LogP contribution is 2.08. The quantitative estimate of drug-likeness (QED) is 0.842. The van der Waals surface area contributed by atoms with Crippen LogP contribution >= 0.6 is 0 Å². The van der Waals surface area contributed by atoms with Crippen molar-refractivity contribution in [3.05, 3.63) is 17.6 Å². The SMILES string of the molecule is Cc1cc(NCC2CN(C)CCO2)nc(C)n1. The number of aryl methyl sites for hydroxylation is 2. The molecule has 0 aliphatic carbocycles. The van der Waals surface area contributed by atoms with Crippen molar-refractivity contribution in [2.75, 3.05) is 38.6 Å². The summed E-state index contributed by atoms with van der Waals surface area (Å²) >= 11 is 0. The molecule has 1 aromatic rings. The van der Waals surface area contributed by atoms with Crippen LogP contribution in [-0.2, 0) is 4.74 Å². The molecule has 1 aliphatic heterocycles. The number of morpholine rings is 1. The van der Waals surface area contributed by atoms with Crippen LogP contribution in [0.1, 0.15) is 11.5 Å².